The first-order chi connectivity index (χ1) is 12.4. The lowest BCUT2D eigenvalue weighted by molar-refractivity contribution is -0.321. The molecule has 8 atom stereocenters. The molecule has 0 aromatic carbocycles. The second-order valence-electron chi connectivity index (χ2n) is 5.72. The van der Waals surface area contributed by atoms with E-state index >= 15 is 0 Å². The summed E-state index contributed by atoms with van der Waals surface area (Å²) in [6.45, 7) is -0.871. The minimum absolute atomic E-state index is 0.634. The third kappa shape index (κ3) is 5.11. The maximum Gasteiger partial charge on any atom is 0.229 e. The Hall–Kier alpha value is -1.40. The van der Waals surface area contributed by atoms with E-state index in [-0.39, 0.29) is 0 Å². The number of aliphatic hydroxyl groups is 5. The van der Waals surface area contributed by atoms with Crippen LogP contribution in [-0.2, 0) is 29.3 Å². The van der Waals surface area contributed by atoms with Gasteiger partial charge in [0.05, 0.1) is 6.61 Å². The molecule has 1 fully saturated rings. The van der Waals surface area contributed by atoms with Crippen molar-refractivity contribution < 1.29 is 62.6 Å². The fourth-order valence-corrected chi connectivity index (χ4v) is 3.16. The summed E-state index contributed by atoms with van der Waals surface area (Å²) in [5.41, 5.74) is 0. The summed E-state index contributed by atoms with van der Waals surface area (Å²) in [4.78, 5) is 10.9. The van der Waals surface area contributed by atoms with Gasteiger partial charge in [0, 0.05) is 0 Å². The molecule has 0 aliphatic carbocycles. The smallest absolute Gasteiger partial charge is 0.229 e. The van der Waals surface area contributed by atoms with Crippen LogP contribution in [0.1, 0.15) is 0 Å². The number of carbonyl (C=O) groups is 1. The van der Waals surface area contributed by atoms with Crippen molar-refractivity contribution in [3.05, 3.63) is 11.8 Å². The average Bonchev–Trinajstić information content (AvgIpc) is 2.56. The molecular formula is C12H17NO13S-2. The second kappa shape index (κ2) is 8.31. The standard InChI is InChI=1S/C12H19NO13S/c14-2-5-9(8(17)6(11(20)24-5)13-27(21,22)23)26-12-7(16)3(15)1-4(25-12)10(18)19/h1,3,5-9,11-17,20H,2H2,(H,18,19)(H,21,22,23)/p-2/t3-,5+,6+,7+,8+,9?,11?,12-/m0/s1. The van der Waals surface area contributed by atoms with Gasteiger partial charge in [-0.25, -0.2) is 13.1 Å². The predicted octanol–water partition coefficient (Wildman–Crippen LogP) is -6.43. The number of hydrogen-bond acceptors (Lipinski definition) is 13. The summed E-state index contributed by atoms with van der Waals surface area (Å²) in [6.07, 6.45) is -12.1. The van der Waals surface area contributed by atoms with Crippen LogP contribution in [0.15, 0.2) is 11.8 Å². The van der Waals surface area contributed by atoms with Crippen LogP contribution in [0.2, 0.25) is 0 Å². The topological polar surface area (TPSA) is 238 Å². The van der Waals surface area contributed by atoms with Crippen molar-refractivity contribution in [2.24, 2.45) is 0 Å². The van der Waals surface area contributed by atoms with E-state index in [1.54, 1.807) is 0 Å². The third-order valence-corrected chi connectivity index (χ3v) is 4.40. The lowest BCUT2D eigenvalue weighted by atomic mass is 9.97. The first kappa shape index (κ1) is 21.9. The molecule has 0 saturated carbocycles. The Morgan fingerprint density at radius 2 is 1.89 bits per heavy atom. The number of aliphatic hydroxyl groups excluding tert-OH is 5. The molecule has 6 N–H and O–H groups in total. The molecule has 14 nitrogen and oxygen atoms in total. The zero-order valence-electron chi connectivity index (χ0n) is 13.3. The van der Waals surface area contributed by atoms with Gasteiger partial charge in [0.25, 0.3) is 0 Å². The highest BCUT2D eigenvalue weighted by Crippen LogP contribution is 2.27. The first-order valence-corrected chi connectivity index (χ1v) is 8.82. The zero-order chi connectivity index (χ0) is 20.5. The van der Waals surface area contributed by atoms with Gasteiger partial charge < -0.3 is 54.2 Å². The number of aliphatic carboxylic acids is 1. The molecule has 27 heavy (non-hydrogen) atoms. The molecular weight excluding hydrogens is 398 g/mol. The summed E-state index contributed by atoms with van der Waals surface area (Å²) in [7, 11) is -5.14. The highest BCUT2D eigenvalue weighted by molar-refractivity contribution is 7.83. The fourth-order valence-electron chi connectivity index (χ4n) is 2.57. The highest BCUT2D eigenvalue weighted by Gasteiger charge is 2.48. The highest BCUT2D eigenvalue weighted by atomic mass is 32.2. The number of ether oxygens (including phenoxy) is 3. The second-order valence-corrected chi connectivity index (χ2v) is 6.87. The molecule has 2 heterocycles. The van der Waals surface area contributed by atoms with Gasteiger partial charge in [-0.15, -0.1) is 0 Å². The maximum absolute atomic E-state index is 10.9. The van der Waals surface area contributed by atoms with Gasteiger partial charge >= 0.3 is 0 Å². The molecule has 156 valence electrons. The summed E-state index contributed by atoms with van der Waals surface area (Å²) in [6, 6.07) is -1.91. The third-order valence-electron chi connectivity index (χ3n) is 3.84. The van der Waals surface area contributed by atoms with Crippen molar-refractivity contribution in [3.63, 3.8) is 0 Å². The number of carboxylic acid groups (broad SMARTS) is 1. The van der Waals surface area contributed by atoms with Gasteiger partial charge in [0.2, 0.25) is 6.29 Å². The maximum atomic E-state index is 10.9. The van der Waals surface area contributed by atoms with Crippen LogP contribution >= 0.6 is 0 Å². The van der Waals surface area contributed by atoms with Crippen LogP contribution in [0.25, 0.3) is 0 Å². The quantitative estimate of drug-likeness (QED) is 0.221. The van der Waals surface area contributed by atoms with E-state index < -0.39 is 77.8 Å². The molecule has 15 heteroatoms. The number of rotatable bonds is 6. The summed E-state index contributed by atoms with van der Waals surface area (Å²) in [5, 5.41) is 59.6. The van der Waals surface area contributed by atoms with Crippen LogP contribution in [0.4, 0.5) is 0 Å². The van der Waals surface area contributed by atoms with Crippen molar-refractivity contribution in [1.82, 2.24) is 4.72 Å². The molecule has 1 saturated heterocycles. The molecule has 2 rings (SSSR count). The van der Waals surface area contributed by atoms with Gasteiger partial charge in [0.15, 0.2) is 16.6 Å². The molecule has 2 unspecified atom stereocenters. The number of carboxylic acids is 1. The number of hydrogen-bond donors (Lipinski definition) is 6. The van der Waals surface area contributed by atoms with E-state index in [2.05, 4.69) is 0 Å². The molecule has 0 radical (unpaired) electrons. The predicted molar refractivity (Wildman–Crippen MR) is 75.4 cm³/mol. The SMILES string of the molecule is O=C([O-])C1=C[C@H](O)[C@@H](O)[C@H](OC2[C@@H](CO)OC(O)[C@H](NS(=O)(=O)[O-])[C@H]2O)O1. The van der Waals surface area contributed by atoms with Gasteiger partial charge in [-0.05, 0) is 6.08 Å². The van der Waals surface area contributed by atoms with Gasteiger partial charge in [-0.2, -0.15) is 0 Å². The van der Waals surface area contributed by atoms with Crippen molar-refractivity contribution in [1.29, 1.82) is 0 Å². The van der Waals surface area contributed by atoms with E-state index in [4.69, 9.17) is 14.2 Å². The van der Waals surface area contributed by atoms with Crippen LogP contribution in [0.5, 0.6) is 0 Å². The Morgan fingerprint density at radius 1 is 1.26 bits per heavy atom. The Morgan fingerprint density at radius 3 is 2.41 bits per heavy atom. The van der Waals surface area contributed by atoms with Crippen LogP contribution in [-0.4, -0.2) is 100 Å². The first-order valence-electron chi connectivity index (χ1n) is 7.41. The van der Waals surface area contributed by atoms with Crippen LogP contribution in [0.3, 0.4) is 0 Å². The Labute approximate surface area is 152 Å². The average molecular weight is 415 g/mol. The van der Waals surface area contributed by atoms with E-state index in [0.29, 0.717) is 6.08 Å². The van der Waals surface area contributed by atoms with E-state index in [9.17, 15) is 48.4 Å². The molecule has 0 aromatic rings. The van der Waals surface area contributed by atoms with Crippen molar-refractivity contribution in [2.75, 3.05) is 6.61 Å². The van der Waals surface area contributed by atoms with Crippen molar-refractivity contribution >= 4 is 16.3 Å². The lowest BCUT2D eigenvalue weighted by Gasteiger charge is -2.44. The Balaban J connectivity index is 2.23. The fraction of sp³-hybridized carbons (Fsp3) is 0.750. The van der Waals surface area contributed by atoms with Gasteiger partial charge in [-0.1, -0.05) is 0 Å². The minimum atomic E-state index is -5.14. The molecule has 0 spiro atoms. The van der Waals surface area contributed by atoms with E-state index in [1.165, 1.54) is 4.72 Å². The zero-order valence-corrected chi connectivity index (χ0v) is 14.1. The molecule has 2 aliphatic heterocycles. The van der Waals surface area contributed by atoms with E-state index in [0.717, 1.165) is 0 Å². The van der Waals surface area contributed by atoms with Gasteiger partial charge in [0.1, 0.15) is 48.3 Å². The lowest BCUT2D eigenvalue weighted by Crippen LogP contribution is -2.66. The van der Waals surface area contributed by atoms with Crippen molar-refractivity contribution in [2.45, 2.75) is 49.1 Å². The van der Waals surface area contributed by atoms with Crippen LogP contribution in [0, 0.1) is 0 Å². The monoisotopic (exact) mass is 415 g/mol. The molecule has 0 aromatic heterocycles. The van der Waals surface area contributed by atoms with Crippen molar-refractivity contribution in [3.8, 4) is 0 Å². The summed E-state index contributed by atoms with van der Waals surface area (Å²) < 4.78 is 48.7. The molecule has 0 bridgehead atoms. The largest absolute Gasteiger partial charge is 0.735 e. The van der Waals surface area contributed by atoms with Gasteiger partial charge in [-0.3, -0.25) is 0 Å². The number of nitrogens with one attached hydrogen (secondary N) is 1. The molecule has 2 aliphatic rings. The van der Waals surface area contributed by atoms with E-state index in [1.807, 2.05) is 0 Å². The molecule has 0 amide bonds. The Bertz CT molecular complexity index is 681. The van der Waals surface area contributed by atoms with Crippen LogP contribution < -0.4 is 9.83 Å². The normalized spacial score (nSPS) is 40.1. The summed E-state index contributed by atoms with van der Waals surface area (Å²) in [5.74, 6) is -2.73. The summed E-state index contributed by atoms with van der Waals surface area (Å²) >= 11 is 0. The number of carbonyl (C=O) groups excluding carboxylic acids is 1. The minimum Gasteiger partial charge on any atom is -0.735 e. The Kier molecular flexibility index (Phi) is 6.74.